The summed E-state index contributed by atoms with van der Waals surface area (Å²) in [4.78, 5) is 31.2. The molecule has 124 valence electrons. The van der Waals surface area contributed by atoms with Gasteiger partial charge in [-0.2, -0.15) is 0 Å². The van der Waals surface area contributed by atoms with Gasteiger partial charge in [-0.05, 0) is 30.7 Å². The van der Waals surface area contributed by atoms with Crippen LogP contribution < -0.4 is 11.0 Å². The van der Waals surface area contributed by atoms with Gasteiger partial charge in [0.2, 0.25) is 5.91 Å². The van der Waals surface area contributed by atoms with E-state index in [-0.39, 0.29) is 17.5 Å². The van der Waals surface area contributed by atoms with Crippen LogP contribution in [0.3, 0.4) is 0 Å². The number of nitrogens with zero attached hydrogens (tertiary/aromatic N) is 1. The zero-order valence-corrected chi connectivity index (χ0v) is 13.2. The number of H-pyrrole nitrogens is 2. The summed E-state index contributed by atoms with van der Waals surface area (Å²) in [5.41, 5.74) is 2.28. The van der Waals surface area contributed by atoms with Crippen molar-refractivity contribution in [3.63, 3.8) is 0 Å². The number of amides is 1. The number of likely N-dealkylation sites (tertiary alicyclic amines) is 1. The first kappa shape index (κ1) is 15.8. The van der Waals surface area contributed by atoms with Crippen LogP contribution >= 0.6 is 0 Å². The lowest BCUT2D eigenvalue weighted by Gasteiger charge is -2.15. The molecule has 1 aromatic heterocycles. The van der Waals surface area contributed by atoms with Crippen LogP contribution in [-0.2, 0) is 16.1 Å². The van der Waals surface area contributed by atoms with Crippen molar-refractivity contribution < 1.29 is 9.53 Å². The van der Waals surface area contributed by atoms with Gasteiger partial charge in [0, 0.05) is 26.7 Å². The fraction of sp³-hybridized carbons (Fsp3) is 0.500. The van der Waals surface area contributed by atoms with Gasteiger partial charge in [0.05, 0.1) is 23.6 Å². The molecule has 1 atom stereocenters. The molecule has 1 aromatic carbocycles. The normalized spacial score (nSPS) is 18.6. The highest BCUT2D eigenvalue weighted by Gasteiger charge is 2.27. The molecular weight excluding hydrogens is 296 g/mol. The maximum absolute atomic E-state index is 12.3. The Balaban J connectivity index is 1.53. The van der Waals surface area contributed by atoms with E-state index in [0.717, 1.165) is 42.7 Å². The van der Waals surface area contributed by atoms with Crippen LogP contribution in [0.15, 0.2) is 23.0 Å². The topological polar surface area (TPSA) is 90.2 Å². The van der Waals surface area contributed by atoms with Crippen molar-refractivity contribution in [2.75, 3.05) is 33.4 Å². The second-order valence-electron chi connectivity index (χ2n) is 5.96. The number of fused-ring (bicyclic) bond motifs is 1. The third-order valence-electron chi connectivity index (χ3n) is 4.30. The van der Waals surface area contributed by atoms with Crippen molar-refractivity contribution >= 4 is 16.9 Å². The Labute approximate surface area is 134 Å². The highest BCUT2D eigenvalue weighted by atomic mass is 16.5. The van der Waals surface area contributed by atoms with Crippen LogP contribution in [-0.4, -0.2) is 54.1 Å². The summed E-state index contributed by atoms with van der Waals surface area (Å²) in [6.45, 7) is 3.77. The molecule has 1 aliphatic rings. The van der Waals surface area contributed by atoms with Crippen molar-refractivity contribution in [1.82, 2.24) is 20.2 Å². The molecule has 0 saturated carbocycles. The summed E-state index contributed by atoms with van der Waals surface area (Å²) in [6.07, 6.45) is 0.889. The monoisotopic (exact) mass is 318 g/mol. The van der Waals surface area contributed by atoms with Crippen molar-refractivity contribution in [3.05, 3.63) is 34.2 Å². The number of hydrogen-bond acceptors (Lipinski definition) is 4. The fourth-order valence-electron chi connectivity index (χ4n) is 2.99. The van der Waals surface area contributed by atoms with Crippen LogP contribution in [0.25, 0.3) is 11.0 Å². The van der Waals surface area contributed by atoms with Gasteiger partial charge in [0.25, 0.3) is 0 Å². The van der Waals surface area contributed by atoms with Gasteiger partial charge in [0.15, 0.2) is 0 Å². The molecule has 3 rings (SSSR count). The number of rotatable bonds is 6. The third-order valence-corrected chi connectivity index (χ3v) is 4.30. The highest BCUT2D eigenvalue weighted by molar-refractivity contribution is 5.79. The van der Waals surface area contributed by atoms with Crippen molar-refractivity contribution in [2.45, 2.75) is 13.0 Å². The summed E-state index contributed by atoms with van der Waals surface area (Å²) < 4.78 is 5.07. The molecule has 0 radical (unpaired) electrons. The van der Waals surface area contributed by atoms with Crippen LogP contribution in [0.4, 0.5) is 0 Å². The number of hydrogen-bond donors (Lipinski definition) is 3. The molecule has 1 fully saturated rings. The maximum Gasteiger partial charge on any atom is 0.323 e. The molecule has 1 amide bonds. The Bertz CT molecular complexity index is 736. The molecule has 0 spiro atoms. The van der Waals surface area contributed by atoms with Gasteiger partial charge in [-0.15, -0.1) is 0 Å². The second kappa shape index (κ2) is 6.97. The first-order chi connectivity index (χ1) is 11.2. The smallest absolute Gasteiger partial charge is 0.323 e. The zero-order chi connectivity index (χ0) is 16.2. The van der Waals surface area contributed by atoms with E-state index in [1.54, 1.807) is 7.11 Å². The van der Waals surface area contributed by atoms with Gasteiger partial charge in [-0.25, -0.2) is 4.79 Å². The average molecular weight is 318 g/mol. The first-order valence-electron chi connectivity index (χ1n) is 7.85. The van der Waals surface area contributed by atoms with Gasteiger partial charge in [-0.3, -0.25) is 4.79 Å². The lowest BCUT2D eigenvalue weighted by Crippen LogP contribution is -2.33. The van der Waals surface area contributed by atoms with Gasteiger partial charge >= 0.3 is 5.69 Å². The molecule has 1 saturated heterocycles. The predicted molar refractivity (Wildman–Crippen MR) is 87.2 cm³/mol. The lowest BCUT2D eigenvalue weighted by atomic mass is 10.1. The maximum atomic E-state index is 12.3. The highest BCUT2D eigenvalue weighted by Crippen LogP contribution is 2.16. The van der Waals surface area contributed by atoms with Crippen molar-refractivity contribution in [2.24, 2.45) is 5.92 Å². The minimum absolute atomic E-state index is 0.0441. The zero-order valence-electron chi connectivity index (χ0n) is 13.2. The Morgan fingerprint density at radius 1 is 1.39 bits per heavy atom. The summed E-state index contributed by atoms with van der Waals surface area (Å²) in [5, 5.41) is 2.99. The average Bonchev–Trinajstić information content (AvgIpc) is 3.15. The number of aromatic nitrogens is 2. The molecule has 23 heavy (non-hydrogen) atoms. The molecule has 1 unspecified atom stereocenters. The molecule has 0 bridgehead atoms. The molecule has 2 aromatic rings. The molecule has 3 N–H and O–H groups in total. The summed E-state index contributed by atoms with van der Waals surface area (Å²) in [6, 6.07) is 5.63. The van der Waals surface area contributed by atoms with Gasteiger partial charge < -0.3 is 24.9 Å². The summed E-state index contributed by atoms with van der Waals surface area (Å²) in [5.74, 6) is 0.134. The summed E-state index contributed by atoms with van der Waals surface area (Å²) >= 11 is 0. The van der Waals surface area contributed by atoms with Crippen LogP contribution in [0.2, 0.25) is 0 Å². The number of imidazole rings is 1. The molecular formula is C16H22N4O3. The largest absolute Gasteiger partial charge is 0.383 e. The molecule has 2 heterocycles. The van der Waals surface area contributed by atoms with Crippen LogP contribution in [0.1, 0.15) is 12.0 Å². The Morgan fingerprint density at radius 2 is 2.22 bits per heavy atom. The lowest BCUT2D eigenvalue weighted by molar-refractivity contribution is -0.124. The van der Waals surface area contributed by atoms with E-state index < -0.39 is 0 Å². The number of nitrogens with one attached hydrogen (secondary N) is 3. The first-order valence-corrected chi connectivity index (χ1v) is 7.85. The quantitative estimate of drug-likeness (QED) is 0.721. The SMILES string of the molecule is COCCN1CCC(C(=O)NCc2ccc3[nH]c(=O)[nH]c3c2)C1. The van der Waals surface area contributed by atoms with E-state index in [1.807, 2.05) is 18.2 Å². The van der Waals surface area contributed by atoms with E-state index in [2.05, 4.69) is 20.2 Å². The Morgan fingerprint density at radius 3 is 3.04 bits per heavy atom. The standard InChI is InChI=1S/C16H22N4O3/c1-23-7-6-20-5-4-12(10-20)15(21)17-9-11-2-3-13-14(8-11)19-16(22)18-13/h2-3,8,12H,4-7,9-10H2,1H3,(H,17,21)(H2,18,19,22). The minimum atomic E-state index is -0.219. The number of aromatic amines is 2. The fourth-order valence-corrected chi connectivity index (χ4v) is 2.99. The van der Waals surface area contributed by atoms with E-state index in [0.29, 0.717) is 13.2 Å². The minimum Gasteiger partial charge on any atom is -0.383 e. The van der Waals surface area contributed by atoms with E-state index in [4.69, 9.17) is 4.74 Å². The second-order valence-corrected chi connectivity index (χ2v) is 5.96. The van der Waals surface area contributed by atoms with E-state index in [9.17, 15) is 9.59 Å². The van der Waals surface area contributed by atoms with E-state index >= 15 is 0 Å². The van der Waals surface area contributed by atoms with Crippen molar-refractivity contribution in [1.29, 1.82) is 0 Å². The van der Waals surface area contributed by atoms with Crippen molar-refractivity contribution in [3.8, 4) is 0 Å². The van der Waals surface area contributed by atoms with Gasteiger partial charge in [0.1, 0.15) is 0 Å². The Hall–Kier alpha value is -2.12. The molecule has 1 aliphatic heterocycles. The molecule has 0 aliphatic carbocycles. The number of methoxy groups -OCH3 is 1. The molecule has 7 nitrogen and oxygen atoms in total. The number of benzene rings is 1. The van der Waals surface area contributed by atoms with E-state index in [1.165, 1.54) is 0 Å². The van der Waals surface area contributed by atoms with Crippen LogP contribution in [0, 0.1) is 5.92 Å². The molecule has 7 heteroatoms. The number of carbonyl (C=O) groups excluding carboxylic acids is 1. The number of ether oxygens (including phenoxy) is 1. The van der Waals surface area contributed by atoms with Gasteiger partial charge in [-0.1, -0.05) is 6.07 Å². The number of carbonyl (C=O) groups is 1. The van der Waals surface area contributed by atoms with Crippen LogP contribution in [0.5, 0.6) is 0 Å². The summed E-state index contributed by atoms with van der Waals surface area (Å²) in [7, 11) is 1.69. The predicted octanol–water partition coefficient (Wildman–Crippen LogP) is 0.441. The Kier molecular flexibility index (Phi) is 4.78. The third kappa shape index (κ3) is 3.80.